The maximum atomic E-state index is 12.1. The lowest BCUT2D eigenvalue weighted by molar-refractivity contribution is -0.116. The molecule has 1 aromatic heterocycles. The fourth-order valence-corrected chi connectivity index (χ4v) is 3.80. The molecule has 0 aliphatic carbocycles. The molecule has 1 aliphatic heterocycles. The van der Waals surface area contributed by atoms with Gasteiger partial charge in [-0.05, 0) is 19.4 Å². The van der Waals surface area contributed by atoms with Gasteiger partial charge < -0.3 is 15.0 Å². The highest BCUT2D eigenvalue weighted by atomic mass is 32.2. The van der Waals surface area contributed by atoms with Crippen molar-refractivity contribution in [3.63, 3.8) is 0 Å². The Balaban J connectivity index is 2.07. The normalized spacial score (nSPS) is 14.3. The maximum absolute atomic E-state index is 12.1. The summed E-state index contributed by atoms with van der Waals surface area (Å²) >= 11 is 2.57. The van der Waals surface area contributed by atoms with E-state index in [4.69, 9.17) is 4.74 Å². The molecule has 0 saturated carbocycles. The zero-order valence-corrected chi connectivity index (χ0v) is 14.1. The van der Waals surface area contributed by atoms with E-state index in [9.17, 15) is 14.4 Å². The highest BCUT2D eigenvalue weighted by molar-refractivity contribution is 8.13. The molecule has 2 amide bonds. The van der Waals surface area contributed by atoms with Crippen molar-refractivity contribution in [3.05, 3.63) is 16.5 Å². The minimum Gasteiger partial charge on any atom is -0.462 e. The average molecular weight is 342 g/mol. The van der Waals surface area contributed by atoms with Crippen LogP contribution in [-0.4, -0.2) is 47.5 Å². The van der Waals surface area contributed by atoms with Crippen LogP contribution >= 0.6 is 23.1 Å². The predicted octanol–water partition coefficient (Wildman–Crippen LogP) is 2.59. The lowest BCUT2D eigenvalue weighted by Crippen LogP contribution is -2.33. The highest BCUT2D eigenvalue weighted by Gasteiger charge is 2.24. The van der Waals surface area contributed by atoms with Crippen molar-refractivity contribution in [2.75, 3.05) is 30.8 Å². The van der Waals surface area contributed by atoms with Crippen molar-refractivity contribution < 1.29 is 19.1 Å². The number of carbonyl (C=O) groups excluding carboxylic acids is 3. The molecule has 6 nitrogen and oxygen atoms in total. The molecule has 1 saturated heterocycles. The highest BCUT2D eigenvalue weighted by Crippen LogP contribution is 2.29. The third-order valence-corrected chi connectivity index (χ3v) is 5.15. The second-order valence-corrected chi connectivity index (χ2v) is 6.80. The van der Waals surface area contributed by atoms with Gasteiger partial charge in [-0.3, -0.25) is 9.59 Å². The Hall–Kier alpha value is -1.54. The first-order valence-corrected chi connectivity index (χ1v) is 8.86. The molecule has 1 aromatic rings. The van der Waals surface area contributed by atoms with Crippen LogP contribution in [0, 0.1) is 0 Å². The van der Waals surface area contributed by atoms with Crippen LogP contribution in [0.1, 0.15) is 29.1 Å². The number of nitrogens with one attached hydrogen (secondary N) is 1. The van der Waals surface area contributed by atoms with Gasteiger partial charge in [-0.15, -0.1) is 11.3 Å². The van der Waals surface area contributed by atoms with Crippen molar-refractivity contribution in [3.8, 4) is 0 Å². The van der Waals surface area contributed by atoms with Crippen LogP contribution in [0.25, 0.3) is 0 Å². The van der Waals surface area contributed by atoms with Gasteiger partial charge >= 0.3 is 5.97 Å². The molecule has 0 aromatic carbocycles. The van der Waals surface area contributed by atoms with E-state index in [1.807, 2.05) is 6.92 Å². The van der Waals surface area contributed by atoms with Crippen LogP contribution in [0.3, 0.4) is 0 Å². The van der Waals surface area contributed by atoms with Crippen LogP contribution < -0.4 is 5.32 Å². The Morgan fingerprint density at radius 3 is 2.77 bits per heavy atom. The van der Waals surface area contributed by atoms with E-state index in [0.29, 0.717) is 22.9 Å². The van der Waals surface area contributed by atoms with Gasteiger partial charge in [0.25, 0.3) is 5.24 Å². The molecule has 1 fully saturated rings. The van der Waals surface area contributed by atoms with Crippen LogP contribution in [-0.2, 0) is 16.0 Å². The summed E-state index contributed by atoms with van der Waals surface area (Å²) in [4.78, 5) is 38.0. The van der Waals surface area contributed by atoms with Crippen molar-refractivity contribution in [1.29, 1.82) is 0 Å². The van der Waals surface area contributed by atoms with Gasteiger partial charge in [0, 0.05) is 17.2 Å². The second kappa shape index (κ2) is 7.64. The van der Waals surface area contributed by atoms with E-state index in [1.54, 1.807) is 13.0 Å². The lowest BCUT2D eigenvalue weighted by atomic mass is 10.2. The Morgan fingerprint density at radius 1 is 1.41 bits per heavy atom. The largest absolute Gasteiger partial charge is 0.462 e. The molecule has 1 aliphatic rings. The minimum absolute atomic E-state index is 0.00740. The molecule has 0 unspecified atom stereocenters. The first kappa shape index (κ1) is 16.8. The summed E-state index contributed by atoms with van der Waals surface area (Å²) in [5.74, 6) is -0.0356. The molecule has 120 valence electrons. The van der Waals surface area contributed by atoms with Crippen LogP contribution in [0.4, 0.5) is 9.80 Å². The zero-order chi connectivity index (χ0) is 16.1. The van der Waals surface area contributed by atoms with Gasteiger partial charge in [0.1, 0.15) is 11.5 Å². The average Bonchev–Trinajstić information content (AvgIpc) is 3.06. The molecule has 0 spiro atoms. The first-order valence-electron chi connectivity index (χ1n) is 7.06. The Kier molecular flexibility index (Phi) is 5.84. The number of nitrogens with zero attached hydrogens (tertiary/aromatic N) is 1. The van der Waals surface area contributed by atoms with E-state index in [2.05, 4.69) is 5.32 Å². The van der Waals surface area contributed by atoms with Gasteiger partial charge in [-0.25, -0.2) is 4.79 Å². The van der Waals surface area contributed by atoms with Gasteiger partial charge in [0.2, 0.25) is 5.91 Å². The number of hydrogen-bond donors (Lipinski definition) is 1. The topological polar surface area (TPSA) is 75.7 Å². The molecule has 2 rings (SSSR count). The first-order chi connectivity index (χ1) is 10.5. The number of thiophene rings is 1. The number of thioether (sulfide) groups is 1. The fourth-order valence-electron chi connectivity index (χ4n) is 1.98. The Morgan fingerprint density at radius 2 is 2.18 bits per heavy atom. The molecule has 1 N–H and O–H groups in total. The van der Waals surface area contributed by atoms with Gasteiger partial charge in [-0.1, -0.05) is 18.7 Å². The second-order valence-electron chi connectivity index (χ2n) is 4.61. The van der Waals surface area contributed by atoms with Crippen molar-refractivity contribution >= 4 is 45.2 Å². The summed E-state index contributed by atoms with van der Waals surface area (Å²) in [6.45, 7) is 4.58. The van der Waals surface area contributed by atoms with E-state index in [0.717, 1.165) is 11.3 Å². The number of carbonyl (C=O) groups is 3. The summed E-state index contributed by atoms with van der Waals surface area (Å²) in [6, 6.07) is 1.75. The molecule has 8 heteroatoms. The van der Waals surface area contributed by atoms with Gasteiger partial charge in [0.15, 0.2) is 0 Å². The third kappa shape index (κ3) is 4.01. The molecule has 22 heavy (non-hydrogen) atoms. The molecular weight excluding hydrogens is 324 g/mol. The lowest BCUT2D eigenvalue weighted by Gasteiger charge is -2.13. The van der Waals surface area contributed by atoms with Crippen LogP contribution in [0.2, 0.25) is 0 Å². The molecule has 0 bridgehead atoms. The number of ether oxygens (including phenoxy) is 1. The quantitative estimate of drug-likeness (QED) is 0.804. The summed E-state index contributed by atoms with van der Waals surface area (Å²) in [5, 5.41) is 3.13. The van der Waals surface area contributed by atoms with Gasteiger partial charge in [-0.2, -0.15) is 0 Å². The van der Waals surface area contributed by atoms with Gasteiger partial charge in [0.05, 0.1) is 12.2 Å². The molecule has 0 radical (unpaired) electrons. The number of hydrogen-bond acceptors (Lipinski definition) is 6. The Bertz CT molecular complexity index is 585. The maximum Gasteiger partial charge on any atom is 0.341 e. The van der Waals surface area contributed by atoms with E-state index >= 15 is 0 Å². The summed E-state index contributed by atoms with van der Waals surface area (Å²) in [6.07, 6.45) is 0.772. The Labute approximate surface area is 137 Å². The minimum atomic E-state index is -0.443. The fraction of sp³-hybridized carbons (Fsp3) is 0.500. The standard InChI is InChI=1S/C14H18N2O4S2/c1-3-9-7-10(13(18)20-4-2)12(22-9)15-11(17)8-16-5-6-21-14(16)19/h7H,3-6,8H2,1-2H3,(H,15,17). The van der Waals surface area contributed by atoms with E-state index in [-0.39, 0.29) is 24.3 Å². The summed E-state index contributed by atoms with van der Waals surface area (Å²) in [7, 11) is 0. The number of amides is 2. The number of anilines is 1. The van der Waals surface area contributed by atoms with E-state index < -0.39 is 5.97 Å². The van der Waals surface area contributed by atoms with Crippen molar-refractivity contribution in [1.82, 2.24) is 4.90 Å². The molecule has 2 heterocycles. The van der Waals surface area contributed by atoms with E-state index in [1.165, 1.54) is 28.0 Å². The monoisotopic (exact) mass is 342 g/mol. The molecular formula is C14H18N2O4S2. The smallest absolute Gasteiger partial charge is 0.341 e. The number of esters is 1. The zero-order valence-electron chi connectivity index (χ0n) is 12.5. The third-order valence-electron chi connectivity index (χ3n) is 3.06. The SMILES string of the molecule is CCOC(=O)c1cc(CC)sc1NC(=O)CN1CCSC1=O. The van der Waals surface area contributed by atoms with Crippen molar-refractivity contribution in [2.24, 2.45) is 0 Å². The number of rotatable bonds is 6. The number of aryl methyl sites for hydroxylation is 1. The summed E-state index contributed by atoms with van der Waals surface area (Å²) in [5.41, 5.74) is 0.374. The van der Waals surface area contributed by atoms with Crippen LogP contribution in [0.5, 0.6) is 0 Å². The predicted molar refractivity (Wildman–Crippen MR) is 87.7 cm³/mol. The summed E-state index contributed by atoms with van der Waals surface area (Å²) < 4.78 is 5.01. The van der Waals surface area contributed by atoms with Crippen molar-refractivity contribution in [2.45, 2.75) is 20.3 Å². The molecule has 0 atom stereocenters. The van der Waals surface area contributed by atoms with Crippen LogP contribution in [0.15, 0.2) is 6.07 Å².